The van der Waals surface area contributed by atoms with Gasteiger partial charge in [-0.05, 0) is 38.1 Å². The van der Waals surface area contributed by atoms with Gasteiger partial charge in [0.2, 0.25) is 0 Å². The highest BCUT2D eigenvalue weighted by Gasteiger charge is 2.30. The molecule has 1 aliphatic heterocycles. The van der Waals surface area contributed by atoms with Crippen LogP contribution in [0.1, 0.15) is 35.8 Å². The SMILES string of the molecule is Cn1ccnc1CN1CCC(c2cncc(-c3cccc(C(F)(F)F)c3)n2)CC1. The topological polar surface area (TPSA) is 46.8 Å². The van der Waals surface area contributed by atoms with Crippen LogP contribution in [0.4, 0.5) is 13.2 Å². The standard InChI is InChI=1S/C21H22F3N5/c1-28-10-7-26-20(28)14-29-8-5-15(6-9-29)18-12-25-13-19(27-18)16-3-2-4-17(11-16)21(22,23)24/h2-4,7,10-13,15H,5-6,8-9,14H2,1H3. The van der Waals surface area contributed by atoms with E-state index in [9.17, 15) is 13.2 Å². The van der Waals surface area contributed by atoms with Crippen LogP contribution in [0, 0.1) is 0 Å². The molecule has 0 spiro atoms. The molecule has 2 aromatic heterocycles. The van der Waals surface area contributed by atoms with Crippen molar-refractivity contribution >= 4 is 0 Å². The molecule has 1 aliphatic rings. The van der Waals surface area contributed by atoms with Crippen molar-refractivity contribution in [1.29, 1.82) is 0 Å². The van der Waals surface area contributed by atoms with Crippen molar-refractivity contribution < 1.29 is 13.2 Å². The molecule has 1 fully saturated rings. The van der Waals surface area contributed by atoms with E-state index in [2.05, 4.69) is 19.9 Å². The summed E-state index contributed by atoms with van der Waals surface area (Å²) in [5.41, 5.74) is 1.08. The fraction of sp³-hybridized carbons (Fsp3) is 0.381. The van der Waals surface area contributed by atoms with E-state index in [0.29, 0.717) is 11.3 Å². The van der Waals surface area contributed by atoms with Crippen molar-refractivity contribution in [2.75, 3.05) is 13.1 Å². The number of piperidine rings is 1. The van der Waals surface area contributed by atoms with Crippen LogP contribution >= 0.6 is 0 Å². The molecule has 0 unspecified atom stereocenters. The fourth-order valence-corrected chi connectivity index (χ4v) is 3.71. The second-order valence-electron chi connectivity index (χ2n) is 7.41. The number of likely N-dealkylation sites (tertiary alicyclic amines) is 1. The molecule has 152 valence electrons. The maximum absolute atomic E-state index is 13.0. The highest BCUT2D eigenvalue weighted by molar-refractivity contribution is 5.59. The number of rotatable bonds is 4. The van der Waals surface area contributed by atoms with Crippen LogP contribution < -0.4 is 0 Å². The van der Waals surface area contributed by atoms with E-state index in [0.717, 1.165) is 56.1 Å². The Bertz CT molecular complexity index is 974. The first-order valence-electron chi connectivity index (χ1n) is 9.58. The average molecular weight is 401 g/mol. The van der Waals surface area contributed by atoms with Crippen LogP contribution in [-0.2, 0) is 19.8 Å². The van der Waals surface area contributed by atoms with E-state index in [4.69, 9.17) is 0 Å². The minimum absolute atomic E-state index is 0.255. The van der Waals surface area contributed by atoms with Crippen molar-refractivity contribution in [2.24, 2.45) is 7.05 Å². The Labute approximate surface area is 167 Å². The molecule has 0 amide bonds. The molecule has 1 saturated heterocycles. The van der Waals surface area contributed by atoms with Gasteiger partial charge in [0, 0.05) is 37.1 Å². The lowest BCUT2D eigenvalue weighted by molar-refractivity contribution is -0.137. The van der Waals surface area contributed by atoms with Crippen LogP contribution in [0.25, 0.3) is 11.3 Å². The van der Waals surface area contributed by atoms with Gasteiger partial charge in [-0.25, -0.2) is 9.97 Å². The van der Waals surface area contributed by atoms with E-state index in [1.165, 1.54) is 12.3 Å². The second-order valence-corrected chi connectivity index (χ2v) is 7.41. The van der Waals surface area contributed by atoms with Gasteiger partial charge in [0.1, 0.15) is 5.82 Å². The van der Waals surface area contributed by atoms with Crippen molar-refractivity contribution in [3.63, 3.8) is 0 Å². The molecule has 0 saturated carbocycles. The third-order valence-corrected chi connectivity index (χ3v) is 5.43. The molecule has 0 atom stereocenters. The summed E-state index contributed by atoms with van der Waals surface area (Å²) >= 11 is 0. The van der Waals surface area contributed by atoms with E-state index in [1.807, 2.05) is 17.8 Å². The highest BCUT2D eigenvalue weighted by Crippen LogP contribution is 2.32. The van der Waals surface area contributed by atoms with Crippen LogP contribution in [0.2, 0.25) is 0 Å². The number of aryl methyl sites for hydroxylation is 1. The van der Waals surface area contributed by atoms with E-state index >= 15 is 0 Å². The van der Waals surface area contributed by atoms with Crippen LogP contribution in [0.15, 0.2) is 49.1 Å². The second kappa shape index (κ2) is 7.94. The third kappa shape index (κ3) is 4.48. The van der Waals surface area contributed by atoms with Gasteiger partial charge in [0.05, 0.1) is 29.7 Å². The number of benzene rings is 1. The van der Waals surface area contributed by atoms with Gasteiger partial charge in [-0.2, -0.15) is 13.2 Å². The molecule has 8 heteroatoms. The normalized spacial score (nSPS) is 16.3. The van der Waals surface area contributed by atoms with Crippen LogP contribution in [0.3, 0.4) is 0 Å². The molecule has 0 bridgehead atoms. The van der Waals surface area contributed by atoms with Gasteiger partial charge < -0.3 is 4.57 Å². The average Bonchev–Trinajstić information content (AvgIpc) is 3.13. The molecule has 1 aromatic carbocycles. The van der Waals surface area contributed by atoms with Gasteiger partial charge >= 0.3 is 6.18 Å². The molecule has 4 rings (SSSR count). The zero-order valence-electron chi connectivity index (χ0n) is 16.1. The number of hydrogen-bond donors (Lipinski definition) is 0. The lowest BCUT2D eigenvalue weighted by atomic mass is 9.93. The Morgan fingerprint density at radius 2 is 1.93 bits per heavy atom. The lowest BCUT2D eigenvalue weighted by Crippen LogP contribution is -2.33. The number of halogens is 3. The summed E-state index contributed by atoms with van der Waals surface area (Å²) in [5, 5.41) is 0. The largest absolute Gasteiger partial charge is 0.416 e. The minimum atomic E-state index is -4.37. The number of alkyl halides is 3. The predicted octanol–water partition coefficient (Wildman–Crippen LogP) is 4.28. The Morgan fingerprint density at radius 3 is 2.62 bits per heavy atom. The first-order valence-corrected chi connectivity index (χ1v) is 9.58. The zero-order valence-corrected chi connectivity index (χ0v) is 16.1. The zero-order chi connectivity index (χ0) is 20.4. The van der Waals surface area contributed by atoms with Gasteiger partial charge in [-0.3, -0.25) is 9.88 Å². The number of hydrogen-bond acceptors (Lipinski definition) is 4. The van der Waals surface area contributed by atoms with Gasteiger partial charge in [0.15, 0.2) is 0 Å². The molecule has 29 heavy (non-hydrogen) atoms. The Balaban J connectivity index is 1.45. The molecular formula is C21H22F3N5. The summed E-state index contributed by atoms with van der Waals surface area (Å²) in [6.45, 7) is 2.66. The lowest BCUT2D eigenvalue weighted by Gasteiger charge is -2.31. The number of imidazole rings is 1. The van der Waals surface area contributed by atoms with Crippen LogP contribution in [-0.4, -0.2) is 37.5 Å². The van der Waals surface area contributed by atoms with Crippen molar-refractivity contribution in [3.05, 3.63) is 66.1 Å². The number of nitrogens with zero attached hydrogens (tertiary/aromatic N) is 5. The first kappa shape index (κ1) is 19.6. The maximum atomic E-state index is 13.0. The van der Waals surface area contributed by atoms with E-state index in [1.54, 1.807) is 18.5 Å². The third-order valence-electron chi connectivity index (χ3n) is 5.43. The number of aromatic nitrogens is 4. The summed E-state index contributed by atoms with van der Waals surface area (Å²) in [6.07, 6.45) is 4.50. The summed E-state index contributed by atoms with van der Waals surface area (Å²) in [7, 11) is 1.99. The molecule has 3 heterocycles. The summed E-state index contributed by atoms with van der Waals surface area (Å²) in [5.74, 6) is 1.29. The molecule has 3 aromatic rings. The van der Waals surface area contributed by atoms with Gasteiger partial charge in [-0.15, -0.1) is 0 Å². The smallest absolute Gasteiger partial charge is 0.337 e. The van der Waals surface area contributed by atoms with E-state index in [-0.39, 0.29) is 5.92 Å². The molecular weight excluding hydrogens is 379 g/mol. The molecule has 0 N–H and O–H groups in total. The summed E-state index contributed by atoms with van der Waals surface area (Å²) in [4.78, 5) is 15.6. The van der Waals surface area contributed by atoms with Crippen molar-refractivity contribution in [1.82, 2.24) is 24.4 Å². The molecule has 0 radical (unpaired) electrons. The highest BCUT2D eigenvalue weighted by atomic mass is 19.4. The van der Waals surface area contributed by atoms with Crippen LogP contribution in [0.5, 0.6) is 0 Å². The van der Waals surface area contributed by atoms with Gasteiger partial charge in [0.25, 0.3) is 0 Å². The first-order chi connectivity index (χ1) is 13.9. The Hall–Kier alpha value is -2.74. The monoisotopic (exact) mass is 401 g/mol. The van der Waals surface area contributed by atoms with E-state index < -0.39 is 11.7 Å². The summed E-state index contributed by atoms with van der Waals surface area (Å²) < 4.78 is 41.0. The molecule has 5 nitrogen and oxygen atoms in total. The maximum Gasteiger partial charge on any atom is 0.416 e. The predicted molar refractivity (Wildman–Crippen MR) is 103 cm³/mol. The Morgan fingerprint density at radius 1 is 1.14 bits per heavy atom. The van der Waals surface area contributed by atoms with Crippen molar-refractivity contribution in [3.8, 4) is 11.3 Å². The quantitative estimate of drug-likeness (QED) is 0.655. The van der Waals surface area contributed by atoms with Crippen molar-refractivity contribution in [2.45, 2.75) is 31.5 Å². The Kier molecular flexibility index (Phi) is 5.36. The summed E-state index contributed by atoms with van der Waals surface area (Å²) in [6, 6.07) is 5.24. The molecule has 0 aliphatic carbocycles. The minimum Gasteiger partial charge on any atom is -0.337 e. The fourth-order valence-electron chi connectivity index (χ4n) is 3.71. The van der Waals surface area contributed by atoms with Gasteiger partial charge in [-0.1, -0.05) is 12.1 Å².